The Balaban J connectivity index is 1.78. The zero-order chi connectivity index (χ0) is 15.0. The van der Waals surface area contributed by atoms with E-state index in [9.17, 15) is 4.79 Å². The number of nitrogens with zero attached hydrogens (tertiary/aromatic N) is 2. The number of para-hydroxylation sites is 1. The first-order valence-corrected chi connectivity index (χ1v) is 7.81. The molecule has 2 aliphatic heterocycles. The van der Waals surface area contributed by atoms with E-state index in [1.165, 1.54) is 6.42 Å². The molecule has 21 heavy (non-hydrogen) atoms. The largest absolute Gasteiger partial charge is 0.486 e. The number of carbonyl (C=O) groups excluding carboxylic acids is 1. The van der Waals surface area contributed by atoms with E-state index >= 15 is 0 Å². The van der Waals surface area contributed by atoms with Crippen molar-refractivity contribution in [1.29, 1.82) is 0 Å². The highest BCUT2D eigenvalue weighted by molar-refractivity contribution is 5.97. The van der Waals surface area contributed by atoms with Gasteiger partial charge in [-0.15, -0.1) is 0 Å². The third kappa shape index (κ3) is 2.77. The van der Waals surface area contributed by atoms with E-state index < -0.39 is 0 Å². The van der Waals surface area contributed by atoms with Crippen LogP contribution in [0.4, 0.5) is 0 Å². The molecule has 2 aliphatic rings. The van der Waals surface area contributed by atoms with Crippen molar-refractivity contribution in [2.75, 3.05) is 26.7 Å². The van der Waals surface area contributed by atoms with E-state index in [1.807, 2.05) is 36.2 Å². The lowest BCUT2D eigenvalue weighted by atomic mass is 10.1. The molecule has 4 heteroatoms. The van der Waals surface area contributed by atoms with Gasteiger partial charge in [0, 0.05) is 20.1 Å². The average Bonchev–Trinajstić information content (AvgIpc) is 2.83. The Morgan fingerprint density at radius 2 is 2.05 bits per heavy atom. The van der Waals surface area contributed by atoms with Gasteiger partial charge in [-0.1, -0.05) is 26.0 Å². The molecule has 0 saturated carbocycles. The number of ether oxygens (including phenoxy) is 1. The molecular weight excluding hydrogens is 264 g/mol. The summed E-state index contributed by atoms with van der Waals surface area (Å²) in [6.45, 7) is 7.39. The Morgan fingerprint density at radius 3 is 2.81 bits per heavy atom. The highest BCUT2D eigenvalue weighted by Gasteiger charge is 2.41. The Labute approximate surface area is 126 Å². The SMILES string of the molecule is CC(C)CCN1CC2Oc3ccccc3C(=O)N(C)C2C1. The van der Waals surface area contributed by atoms with Crippen LogP contribution in [0.1, 0.15) is 30.6 Å². The molecule has 1 aromatic rings. The molecule has 1 amide bonds. The van der Waals surface area contributed by atoms with Crippen molar-refractivity contribution in [3.05, 3.63) is 29.8 Å². The summed E-state index contributed by atoms with van der Waals surface area (Å²) >= 11 is 0. The van der Waals surface area contributed by atoms with E-state index in [0.717, 1.165) is 25.4 Å². The maximum atomic E-state index is 12.6. The van der Waals surface area contributed by atoms with Crippen LogP contribution in [0.3, 0.4) is 0 Å². The van der Waals surface area contributed by atoms with Crippen LogP contribution in [0.2, 0.25) is 0 Å². The van der Waals surface area contributed by atoms with Crippen molar-refractivity contribution in [1.82, 2.24) is 9.80 Å². The van der Waals surface area contributed by atoms with Crippen LogP contribution >= 0.6 is 0 Å². The van der Waals surface area contributed by atoms with Gasteiger partial charge in [0.2, 0.25) is 0 Å². The zero-order valence-electron chi connectivity index (χ0n) is 13.1. The normalized spacial score (nSPS) is 25.5. The van der Waals surface area contributed by atoms with Gasteiger partial charge in [-0.3, -0.25) is 9.69 Å². The van der Waals surface area contributed by atoms with Gasteiger partial charge in [-0.2, -0.15) is 0 Å². The molecule has 3 rings (SSSR count). The molecule has 1 aromatic carbocycles. The molecule has 0 N–H and O–H groups in total. The van der Waals surface area contributed by atoms with Gasteiger partial charge in [-0.25, -0.2) is 0 Å². The topological polar surface area (TPSA) is 32.8 Å². The Hall–Kier alpha value is -1.55. The van der Waals surface area contributed by atoms with Gasteiger partial charge in [0.05, 0.1) is 11.6 Å². The van der Waals surface area contributed by atoms with Crippen LogP contribution in [-0.2, 0) is 0 Å². The Morgan fingerprint density at radius 1 is 1.29 bits per heavy atom. The third-order valence-corrected chi connectivity index (χ3v) is 4.55. The second-order valence-corrected chi connectivity index (χ2v) is 6.58. The lowest BCUT2D eigenvalue weighted by Gasteiger charge is -2.25. The summed E-state index contributed by atoms with van der Waals surface area (Å²) in [5, 5.41) is 0. The lowest BCUT2D eigenvalue weighted by molar-refractivity contribution is 0.0682. The number of fused-ring (bicyclic) bond motifs is 2. The molecule has 0 aliphatic carbocycles. The summed E-state index contributed by atoms with van der Waals surface area (Å²) in [5.74, 6) is 1.51. The molecule has 0 aromatic heterocycles. The first kappa shape index (κ1) is 14.4. The van der Waals surface area contributed by atoms with Crippen LogP contribution in [0, 0.1) is 5.92 Å². The molecule has 0 spiro atoms. The van der Waals surface area contributed by atoms with Gasteiger partial charge in [-0.05, 0) is 31.0 Å². The fourth-order valence-corrected chi connectivity index (χ4v) is 3.19. The van der Waals surface area contributed by atoms with Crippen molar-refractivity contribution in [2.45, 2.75) is 32.4 Å². The summed E-state index contributed by atoms with van der Waals surface area (Å²) in [6.07, 6.45) is 1.27. The van der Waals surface area contributed by atoms with Crippen LogP contribution < -0.4 is 4.74 Å². The predicted molar refractivity (Wildman–Crippen MR) is 82.6 cm³/mol. The minimum atomic E-state index is 0.0730. The van der Waals surface area contributed by atoms with E-state index in [0.29, 0.717) is 11.5 Å². The summed E-state index contributed by atoms with van der Waals surface area (Å²) in [4.78, 5) is 16.9. The van der Waals surface area contributed by atoms with Crippen molar-refractivity contribution in [2.24, 2.45) is 5.92 Å². The maximum absolute atomic E-state index is 12.6. The van der Waals surface area contributed by atoms with E-state index in [2.05, 4.69) is 18.7 Å². The quantitative estimate of drug-likeness (QED) is 0.855. The highest BCUT2D eigenvalue weighted by atomic mass is 16.5. The molecule has 114 valence electrons. The molecule has 2 unspecified atom stereocenters. The second-order valence-electron chi connectivity index (χ2n) is 6.58. The first-order chi connectivity index (χ1) is 10.1. The molecule has 0 bridgehead atoms. The fraction of sp³-hybridized carbons (Fsp3) is 0.588. The molecule has 0 radical (unpaired) electrons. The predicted octanol–water partition coefficient (Wildman–Crippen LogP) is 2.25. The summed E-state index contributed by atoms with van der Waals surface area (Å²) < 4.78 is 6.15. The Kier molecular flexibility index (Phi) is 3.89. The maximum Gasteiger partial charge on any atom is 0.257 e. The lowest BCUT2D eigenvalue weighted by Crippen LogP contribution is -2.44. The third-order valence-electron chi connectivity index (χ3n) is 4.55. The number of hydrogen-bond donors (Lipinski definition) is 0. The fourth-order valence-electron chi connectivity index (χ4n) is 3.19. The minimum Gasteiger partial charge on any atom is -0.486 e. The van der Waals surface area contributed by atoms with Crippen molar-refractivity contribution >= 4 is 5.91 Å². The van der Waals surface area contributed by atoms with Gasteiger partial charge in [0.1, 0.15) is 11.9 Å². The van der Waals surface area contributed by atoms with Crippen molar-refractivity contribution in [3.63, 3.8) is 0 Å². The number of carbonyl (C=O) groups is 1. The zero-order valence-corrected chi connectivity index (χ0v) is 13.1. The van der Waals surface area contributed by atoms with Gasteiger partial charge in [0.15, 0.2) is 0 Å². The van der Waals surface area contributed by atoms with Gasteiger partial charge >= 0.3 is 0 Å². The van der Waals surface area contributed by atoms with Gasteiger partial charge in [0.25, 0.3) is 5.91 Å². The van der Waals surface area contributed by atoms with E-state index in [-0.39, 0.29) is 18.1 Å². The number of benzene rings is 1. The van der Waals surface area contributed by atoms with Crippen molar-refractivity contribution in [3.8, 4) is 5.75 Å². The molecule has 2 heterocycles. The summed E-state index contributed by atoms with van der Waals surface area (Å²) in [6, 6.07) is 7.73. The summed E-state index contributed by atoms with van der Waals surface area (Å²) in [7, 11) is 1.90. The molecule has 1 fully saturated rings. The Bertz CT molecular complexity index is 529. The number of rotatable bonds is 3. The average molecular weight is 288 g/mol. The monoisotopic (exact) mass is 288 g/mol. The second kappa shape index (κ2) is 5.68. The van der Waals surface area contributed by atoms with Crippen LogP contribution in [0.15, 0.2) is 24.3 Å². The molecule has 1 saturated heterocycles. The number of amides is 1. The number of likely N-dealkylation sites (N-methyl/N-ethyl adjacent to an activating group) is 1. The van der Waals surface area contributed by atoms with E-state index in [4.69, 9.17) is 4.74 Å². The minimum absolute atomic E-state index is 0.0730. The first-order valence-electron chi connectivity index (χ1n) is 7.81. The summed E-state index contributed by atoms with van der Waals surface area (Å²) in [5.41, 5.74) is 0.683. The highest BCUT2D eigenvalue weighted by Crippen LogP contribution is 2.30. The standard InChI is InChI=1S/C17H24N2O2/c1-12(2)8-9-19-10-14-16(11-19)21-15-7-5-4-6-13(15)17(20)18(14)3/h4-7,12,14,16H,8-11H2,1-3H3. The van der Waals surface area contributed by atoms with Crippen LogP contribution in [0.5, 0.6) is 5.75 Å². The number of hydrogen-bond acceptors (Lipinski definition) is 3. The van der Waals surface area contributed by atoms with Crippen molar-refractivity contribution < 1.29 is 9.53 Å². The van der Waals surface area contributed by atoms with Crippen LogP contribution in [0.25, 0.3) is 0 Å². The molecular formula is C17H24N2O2. The van der Waals surface area contributed by atoms with E-state index in [1.54, 1.807) is 0 Å². The van der Waals surface area contributed by atoms with Gasteiger partial charge < -0.3 is 9.64 Å². The number of likely N-dealkylation sites (tertiary alicyclic amines) is 1. The molecule has 4 nitrogen and oxygen atoms in total. The smallest absolute Gasteiger partial charge is 0.257 e. The van der Waals surface area contributed by atoms with Crippen LogP contribution in [-0.4, -0.2) is 54.5 Å². The molecule has 2 atom stereocenters.